The Bertz CT molecular complexity index is 521. The second-order valence-corrected chi connectivity index (χ2v) is 6.12. The third-order valence-corrected chi connectivity index (χ3v) is 4.36. The van der Waals surface area contributed by atoms with E-state index in [1.807, 2.05) is 38.1 Å². The van der Waals surface area contributed by atoms with Gasteiger partial charge in [-0.25, -0.2) is 0 Å². The molecule has 0 saturated carbocycles. The zero-order chi connectivity index (χ0) is 13.2. The van der Waals surface area contributed by atoms with E-state index in [1.54, 1.807) is 18.4 Å². The predicted octanol–water partition coefficient (Wildman–Crippen LogP) is 4.29. The van der Waals surface area contributed by atoms with Crippen LogP contribution in [0.25, 0.3) is 10.1 Å². The summed E-state index contributed by atoms with van der Waals surface area (Å²) in [5.74, 6) is 0.210. The summed E-state index contributed by atoms with van der Waals surface area (Å²) in [6, 6.07) is 10.1. The minimum Gasteiger partial charge on any atom is -0.379 e. The lowest BCUT2D eigenvalue weighted by Gasteiger charge is -2.21. The van der Waals surface area contributed by atoms with Crippen LogP contribution in [0.5, 0.6) is 0 Å². The first-order valence-corrected chi connectivity index (χ1v) is 6.90. The molecule has 3 heteroatoms. The van der Waals surface area contributed by atoms with E-state index in [0.717, 1.165) is 16.7 Å². The van der Waals surface area contributed by atoms with Gasteiger partial charge in [-0.2, -0.15) is 0 Å². The molecule has 0 fully saturated rings. The van der Waals surface area contributed by atoms with Gasteiger partial charge in [0, 0.05) is 18.2 Å². The van der Waals surface area contributed by atoms with Crippen LogP contribution in [0.4, 0.5) is 0 Å². The summed E-state index contributed by atoms with van der Waals surface area (Å²) in [4.78, 5) is 13.0. The fourth-order valence-corrected chi connectivity index (χ4v) is 2.79. The molecule has 96 valence electrons. The first-order valence-electron chi connectivity index (χ1n) is 6.09. The topological polar surface area (TPSA) is 26.3 Å². The van der Waals surface area contributed by atoms with Gasteiger partial charge in [0.1, 0.15) is 0 Å². The summed E-state index contributed by atoms with van der Waals surface area (Å²) in [5, 5.41) is 1.15. The van der Waals surface area contributed by atoms with Crippen LogP contribution in [0.1, 0.15) is 36.4 Å². The fraction of sp³-hybridized carbons (Fsp3) is 0.400. The maximum Gasteiger partial charge on any atom is 0.172 e. The van der Waals surface area contributed by atoms with Gasteiger partial charge < -0.3 is 4.74 Å². The van der Waals surface area contributed by atoms with Gasteiger partial charge >= 0.3 is 0 Å². The van der Waals surface area contributed by atoms with E-state index in [4.69, 9.17) is 4.74 Å². The molecule has 0 radical (unpaired) electrons. The molecule has 0 amide bonds. The Morgan fingerprint density at radius 3 is 2.72 bits per heavy atom. The average molecular weight is 262 g/mol. The van der Waals surface area contributed by atoms with Gasteiger partial charge in [0.05, 0.1) is 10.5 Å². The zero-order valence-electron chi connectivity index (χ0n) is 11.0. The van der Waals surface area contributed by atoms with Crippen molar-refractivity contribution in [3.8, 4) is 0 Å². The van der Waals surface area contributed by atoms with Crippen molar-refractivity contribution in [1.29, 1.82) is 0 Å². The highest BCUT2D eigenvalue weighted by molar-refractivity contribution is 7.20. The van der Waals surface area contributed by atoms with Gasteiger partial charge in [0.25, 0.3) is 0 Å². The lowest BCUT2D eigenvalue weighted by atomic mass is 10.0. The smallest absolute Gasteiger partial charge is 0.172 e. The van der Waals surface area contributed by atoms with Gasteiger partial charge in [-0.1, -0.05) is 18.2 Å². The molecule has 2 rings (SSSR count). The lowest BCUT2D eigenvalue weighted by molar-refractivity contribution is 0.0142. The summed E-state index contributed by atoms with van der Waals surface area (Å²) in [6.07, 6.45) is 1.28. The molecule has 1 aromatic carbocycles. The standard InChI is InChI=1S/C15H18O2S/c1-15(2,17-3)9-8-12(16)14-10-11-6-4-5-7-13(11)18-14/h4-7,10H,8-9H2,1-3H3. The van der Waals surface area contributed by atoms with Crippen molar-refractivity contribution in [3.05, 3.63) is 35.2 Å². The maximum atomic E-state index is 12.1. The van der Waals surface area contributed by atoms with Crippen molar-refractivity contribution in [1.82, 2.24) is 0 Å². The zero-order valence-corrected chi connectivity index (χ0v) is 11.8. The van der Waals surface area contributed by atoms with E-state index in [0.29, 0.717) is 6.42 Å². The molecule has 0 spiro atoms. The molecule has 0 N–H and O–H groups in total. The van der Waals surface area contributed by atoms with Gasteiger partial charge in [0.15, 0.2) is 5.78 Å². The summed E-state index contributed by atoms with van der Waals surface area (Å²) < 4.78 is 6.51. The number of fused-ring (bicyclic) bond motifs is 1. The number of carbonyl (C=O) groups excluding carboxylic acids is 1. The molecular formula is C15H18O2S. The number of ketones is 1. The number of carbonyl (C=O) groups is 1. The number of methoxy groups -OCH3 is 1. The Balaban J connectivity index is 2.09. The molecule has 0 unspecified atom stereocenters. The van der Waals surface area contributed by atoms with Crippen LogP contribution >= 0.6 is 11.3 Å². The SMILES string of the molecule is COC(C)(C)CCC(=O)c1cc2ccccc2s1. The van der Waals surface area contributed by atoms with Crippen LogP contribution in [0.15, 0.2) is 30.3 Å². The Hall–Kier alpha value is -1.19. The largest absolute Gasteiger partial charge is 0.379 e. The molecule has 0 bridgehead atoms. The highest BCUT2D eigenvalue weighted by Crippen LogP contribution is 2.27. The number of hydrogen-bond donors (Lipinski definition) is 0. The predicted molar refractivity (Wildman–Crippen MR) is 76.5 cm³/mol. The van der Waals surface area contributed by atoms with Crippen LogP contribution < -0.4 is 0 Å². The minimum absolute atomic E-state index is 0.210. The number of benzene rings is 1. The Morgan fingerprint density at radius 1 is 1.33 bits per heavy atom. The Kier molecular flexibility index (Phi) is 3.83. The minimum atomic E-state index is -0.230. The first-order chi connectivity index (χ1) is 8.52. The van der Waals surface area contributed by atoms with E-state index >= 15 is 0 Å². The van der Waals surface area contributed by atoms with Crippen LogP contribution in [0.3, 0.4) is 0 Å². The molecule has 18 heavy (non-hydrogen) atoms. The Morgan fingerprint density at radius 2 is 2.06 bits per heavy atom. The molecule has 2 aromatic rings. The number of thiophene rings is 1. The van der Waals surface area contributed by atoms with Crippen LogP contribution in [-0.4, -0.2) is 18.5 Å². The molecular weight excluding hydrogens is 244 g/mol. The van der Waals surface area contributed by atoms with Crippen molar-refractivity contribution in [2.75, 3.05) is 7.11 Å². The van der Waals surface area contributed by atoms with E-state index < -0.39 is 0 Å². The van der Waals surface area contributed by atoms with Gasteiger partial charge in [-0.3, -0.25) is 4.79 Å². The van der Waals surface area contributed by atoms with E-state index in [-0.39, 0.29) is 11.4 Å². The summed E-state index contributed by atoms with van der Waals surface area (Å²) >= 11 is 1.57. The summed E-state index contributed by atoms with van der Waals surface area (Å²) in [6.45, 7) is 4.01. The molecule has 0 saturated heterocycles. The molecule has 1 heterocycles. The second-order valence-electron chi connectivity index (χ2n) is 5.04. The Labute approximate surface area is 112 Å². The van der Waals surface area contributed by atoms with E-state index in [9.17, 15) is 4.79 Å². The normalized spacial score (nSPS) is 11.9. The lowest BCUT2D eigenvalue weighted by Crippen LogP contribution is -2.23. The van der Waals surface area contributed by atoms with Gasteiger partial charge in [-0.15, -0.1) is 11.3 Å². The van der Waals surface area contributed by atoms with Crippen molar-refractivity contribution < 1.29 is 9.53 Å². The number of Topliss-reactive ketones (excluding diaryl/α,β-unsaturated/α-hetero) is 1. The van der Waals surface area contributed by atoms with Crippen molar-refractivity contribution >= 4 is 27.2 Å². The second kappa shape index (κ2) is 5.21. The quantitative estimate of drug-likeness (QED) is 0.751. The van der Waals surface area contributed by atoms with Gasteiger partial charge in [0.2, 0.25) is 0 Å². The molecule has 0 aliphatic heterocycles. The molecule has 2 nitrogen and oxygen atoms in total. The van der Waals surface area contributed by atoms with Crippen LogP contribution in [0, 0.1) is 0 Å². The van der Waals surface area contributed by atoms with E-state index in [1.165, 1.54) is 4.70 Å². The van der Waals surface area contributed by atoms with Gasteiger partial charge in [-0.05, 0) is 37.8 Å². The van der Waals surface area contributed by atoms with Crippen LogP contribution in [-0.2, 0) is 4.74 Å². The van der Waals surface area contributed by atoms with E-state index in [2.05, 4.69) is 6.07 Å². The number of hydrogen-bond acceptors (Lipinski definition) is 3. The van der Waals surface area contributed by atoms with Crippen molar-refractivity contribution in [2.45, 2.75) is 32.3 Å². The molecule has 0 aliphatic rings. The molecule has 0 aliphatic carbocycles. The highest BCUT2D eigenvalue weighted by atomic mass is 32.1. The monoisotopic (exact) mass is 262 g/mol. The summed E-state index contributed by atoms with van der Waals surface area (Å²) in [7, 11) is 1.68. The average Bonchev–Trinajstić information content (AvgIpc) is 2.80. The number of ether oxygens (including phenoxy) is 1. The highest BCUT2D eigenvalue weighted by Gasteiger charge is 2.19. The third-order valence-electron chi connectivity index (χ3n) is 3.21. The maximum absolute atomic E-state index is 12.1. The number of rotatable bonds is 5. The van der Waals surface area contributed by atoms with Crippen LogP contribution in [0.2, 0.25) is 0 Å². The van der Waals surface area contributed by atoms with Crippen molar-refractivity contribution in [3.63, 3.8) is 0 Å². The summed E-state index contributed by atoms with van der Waals surface area (Å²) in [5.41, 5.74) is -0.230. The molecule has 1 aromatic heterocycles. The third kappa shape index (κ3) is 2.98. The van der Waals surface area contributed by atoms with Crippen molar-refractivity contribution in [2.24, 2.45) is 0 Å². The first kappa shape index (κ1) is 13.2. The fourth-order valence-electron chi connectivity index (χ4n) is 1.76. The molecule has 0 atom stereocenters.